The van der Waals surface area contributed by atoms with Crippen LogP contribution in [-0.2, 0) is 16.9 Å². The number of hydrogen-bond donors (Lipinski definition) is 0. The lowest BCUT2D eigenvalue weighted by Gasteiger charge is -2.04. The van der Waals surface area contributed by atoms with Gasteiger partial charge in [0.1, 0.15) is 5.75 Å². The van der Waals surface area contributed by atoms with Gasteiger partial charge in [0.2, 0.25) is 0 Å². The van der Waals surface area contributed by atoms with E-state index in [4.69, 9.17) is 0 Å². The monoisotopic (exact) mass is 340 g/mol. The molecule has 0 N–H and O–H groups in total. The maximum absolute atomic E-state index is 12.2. The minimum Gasteiger partial charge on any atom is -0.289 e. The molecule has 0 saturated heterocycles. The van der Waals surface area contributed by atoms with Crippen LogP contribution in [0, 0.1) is 0 Å². The van der Waals surface area contributed by atoms with Crippen LogP contribution in [0.25, 0.3) is 6.08 Å². The van der Waals surface area contributed by atoms with Crippen LogP contribution in [0.2, 0.25) is 0 Å². The van der Waals surface area contributed by atoms with E-state index in [-0.39, 0.29) is 16.2 Å². The number of hydrogen-bond acceptors (Lipinski definition) is 4. The number of sulfone groups is 1. The van der Waals surface area contributed by atoms with Crippen molar-refractivity contribution in [1.29, 1.82) is 0 Å². The first-order chi connectivity index (χ1) is 10.8. The van der Waals surface area contributed by atoms with Crippen LogP contribution in [0.1, 0.15) is 16.1 Å². The highest BCUT2D eigenvalue weighted by Gasteiger charge is 2.20. The standard InChI is InChI=1S/C15H14F2N2O3S/c1-19-12(8-9-18-19)4-7-14(20)11-2-5-13(6-3-11)23(21,22)10-15(16)17/h2-9,15H,10H2,1H3. The zero-order valence-electron chi connectivity index (χ0n) is 12.2. The summed E-state index contributed by atoms with van der Waals surface area (Å²) in [6.45, 7) is 0. The van der Waals surface area contributed by atoms with Crippen LogP contribution >= 0.6 is 0 Å². The van der Waals surface area contributed by atoms with Crippen molar-refractivity contribution in [2.45, 2.75) is 11.3 Å². The predicted molar refractivity (Wildman–Crippen MR) is 81.1 cm³/mol. The first kappa shape index (κ1) is 17.0. The predicted octanol–water partition coefficient (Wildman–Crippen LogP) is 2.36. The zero-order valence-corrected chi connectivity index (χ0v) is 13.0. The molecule has 1 aromatic heterocycles. The second kappa shape index (κ2) is 6.82. The number of aromatic nitrogens is 2. The molecule has 0 radical (unpaired) electrons. The summed E-state index contributed by atoms with van der Waals surface area (Å²) < 4.78 is 49.4. The number of ketones is 1. The number of rotatable bonds is 6. The lowest BCUT2D eigenvalue weighted by atomic mass is 10.1. The second-order valence-corrected chi connectivity index (χ2v) is 6.81. The molecule has 0 atom stereocenters. The number of halogens is 2. The summed E-state index contributed by atoms with van der Waals surface area (Å²) in [4.78, 5) is 11.8. The first-order valence-electron chi connectivity index (χ1n) is 6.61. The molecule has 2 rings (SSSR count). The smallest absolute Gasteiger partial charge is 0.252 e. The number of allylic oxidation sites excluding steroid dienone is 1. The molecule has 5 nitrogen and oxygen atoms in total. The molecule has 0 unspecified atom stereocenters. The van der Waals surface area contributed by atoms with E-state index in [0.717, 1.165) is 17.8 Å². The molecular weight excluding hydrogens is 326 g/mol. The molecule has 0 bridgehead atoms. The van der Waals surface area contributed by atoms with Gasteiger partial charge in [-0.15, -0.1) is 0 Å². The highest BCUT2D eigenvalue weighted by Crippen LogP contribution is 2.15. The van der Waals surface area contributed by atoms with Gasteiger partial charge in [-0.2, -0.15) is 5.10 Å². The summed E-state index contributed by atoms with van der Waals surface area (Å²) in [6, 6.07) is 6.64. The topological polar surface area (TPSA) is 69.0 Å². The van der Waals surface area contributed by atoms with Crippen LogP contribution in [-0.4, -0.2) is 36.2 Å². The largest absolute Gasteiger partial charge is 0.289 e. The molecular formula is C15H14F2N2O3S. The maximum Gasteiger partial charge on any atom is 0.252 e. The van der Waals surface area contributed by atoms with E-state index < -0.39 is 22.0 Å². The van der Waals surface area contributed by atoms with E-state index in [1.165, 1.54) is 18.2 Å². The lowest BCUT2D eigenvalue weighted by Crippen LogP contribution is -2.13. The van der Waals surface area contributed by atoms with E-state index in [1.54, 1.807) is 30.1 Å². The van der Waals surface area contributed by atoms with Crippen LogP contribution in [0.15, 0.2) is 47.5 Å². The summed E-state index contributed by atoms with van der Waals surface area (Å²) in [5, 5.41) is 3.96. The Labute approximate surface area is 132 Å². The zero-order chi connectivity index (χ0) is 17.0. The Morgan fingerprint density at radius 1 is 1.26 bits per heavy atom. The third-order valence-corrected chi connectivity index (χ3v) is 4.79. The molecule has 0 aliphatic carbocycles. The first-order valence-corrected chi connectivity index (χ1v) is 8.26. The molecule has 1 aromatic carbocycles. The molecule has 8 heteroatoms. The van der Waals surface area contributed by atoms with E-state index in [1.807, 2.05) is 0 Å². The minimum atomic E-state index is -4.05. The van der Waals surface area contributed by atoms with Gasteiger partial charge in [-0.05, 0) is 42.5 Å². The molecule has 0 fully saturated rings. The second-order valence-electron chi connectivity index (χ2n) is 4.77. The summed E-state index contributed by atoms with van der Waals surface area (Å²) in [6.07, 6.45) is 1.56. The highest BCUT2D eigenvalue weighted by molar-refractivity contribution is 7.91. The Morgan fingerprint density at radius 2 is 1.91 bits per heavy atom. The molecule has 0 aliphatic heterocycles. The summed E-state index contributed by atoms with van der Waals surface area (Å²) >= 11 is 0. The minimum absolute atomic E-state index is 0.232. The van der Waals surface area contributed by atoms with Crippen LogP contribution in [0.4, 0.5) is 8.78 Å². The van der Waals surface area contributed by atoms with Crippen LogP contribution in [0.3, 0.4) is 0 Å². The number of alkyl halides is 2. The van der Waals surface area contributed by atoms with Gasteiger partial charge in [0.15, 0.2) is 15.6 Å². The Hall–Kier alpha value is -2.35. The van der Waals surface area contributed by atoms with Gasteiger partial charge in [-0.25, -0.2) is 17.2 Å². The van der Waals surface area contributed by atoms with Gasteiger partial charge in [-0.3, -0.25) is 9.48 Å². The third kappa shape index (κ3) is 4.32. The van der Waals surface area contributed by atoms with Crippen LogP contribution in [0.5, 0.6) is 0 Å². The Morgan fingerprint density at radius 3 is 2.43 bits per heavy atom. The molecule has 0 spiro atoms. The van der Waals surface area contributed by atoms with Crippen molar-refractivity contribution in [1.82, 2.24) is 9.78 Å². The molecule has 0 aliphatic rings. The van der Waals surface area contributed by atoms with Crippen molar-refractivity contribution in [2.24, 2.45) is 7.05 Å². The molecule has 1 heterocycles. The summed E-state index contributed by atoms with van der Waals surface area (Å²) in [5.41, 5.74) is 0.994. The van der Waals surface area contributed by atoms with E-state index in [2.05, 4.69) is 5.10 Å². The fourth-order valence-electron chi connectivity index (χ4n) is 1.89. The van der Waals surface area contributed by atoms with Gasteiger partial charge >= 0.3 is 0 Å². The molecule has 23 heavy (non-hydrogen) atoms. The van der Waals surface area contributed by atoms with Crippen molar-refractivity contribution in [3.8, 4) is 0 Å². The number of nitrogens with zero attached hydrogens (tertiary/aromatic N) is 2. The molecule has 0 saturated carbocycles. The van der Waals surface area contributed by atoms with Crippen molar-refractivity contribution >= 4 is 21.7 Å². The lowest BCUT2D eigenvalue weighted by molar-refractivity contribution is 0.104. The molecule has 2 aromatic rings. The quantitative estimate of drug-likeness (QED) is 0.598. The van der Waals surface area contributed by atoms with E-state index in [0.29, 0.717) is 0 Å². The molecule has 122 valence electrons. The van der Waals surface area contributed by atoms with Crippen molar-refractivity contribution < 1.29 is 22.0 Å². The fourth-order valence-corrected chi connectivity index (χ4v) is 2.97. The van der Waals surface area contributed by atoms with Crippen molar-refractivity contribution in [3.63, 3.8) is 0 Å². The fraction of sp³-hybridized carbons (Fsp3) is 0.200. The van der Waals surface area contributed by atoms with Crippen LogP contribution < -0.4 is 0 Å². The number of carbonyl (C=O) groups is 1. The Kier molecular flexibility index (Phi) is 5.05. The number of aryl methyl sites for hydroxylation is 1. The SMILES string of the molecule is Cn1nccc1C=CC(=O)c1ccc(S(=O)(=O)CC(F)F)cc1. The van der Waals surface area contributed by atoms with Gasteiger partial charge < -0.3 is 0 Å². The van der Waals surface area contributed by atoms with Gasteiger partial charge in [0, 0.05) is 18.8 Å². The van der Waals surface area contributed by atoms with E-state index >= 15 is 0 Å². The van der Waals surface area contributed by atoms with Gasteiger partial charge in [0.05, 0.1) is 10.6 Å². The normalized spacial score (nSPS) is 12.2. The number of benzene rings is 1. The summed E-state index contributed by atoms with van der Waals surface area (Å²) in [7, 11) is -2.32. The average Bonchev–Trinajstić information content (AvgIpc) is 2.89. The molecule has 0 amide bonds. The summed E-state index contributed by atoms with van der Waals surface area (Å²) in [5.74, 6) is -1.57. The van der Waals surface area contributed by atoms with Gasteiger partial charge in [0.25, 0.3) is 6.43 Å². The number of carbonyl (C=O) groups excluding carboxylic acids is 1. The maximum atomic E-state index is 12.2. The Bertz CT molecular complexity index is 825. The van der Waals surface area contributed by atoms with Crippen molar-refractivity contribution in [3.05, 3.63) is 53.9 Å². The average molecular weight is 340 g/mol. The third-order valence-electron chi connectivity index (χ3n) is 3.11. The van der Waals surface area contributed by atoms with Crippen molar-refractivity contribution in [2.75, 3.05) is 5.75 Å². The highest BCUT2D eigenvalue weighted by atomic mass is 32.2. The van der Waals surface area contributed by atoms with E-state index in [9.17, 15) is 22.0 Å². The van der Waals surface area contributed by atoms with Gasteiger partial charge in [-0.1, -0.05) is 0 Å². The Balaban J connectivity index is 2.15.